The summed E-state index contributed by atoms with van der Waals surface area (Å²) in [5.41, 5.74) is 5.73. The van der Waals surface area contributed by atoms with Crippen LogP contribution in [-0.4, -0.2) is 53.1 Å². The molecule has 0 amide bonds. The maximum absolute atomic E-state index is 15.2. The number of rotatable bonds is 3. The van der Waals surface area contributed by atoms with Crippen LogP contribution in [0.2, 0.25) is 0 Å². The first-order chi connectivity index (χ1) is 13.8. The summed E-state index contributed by atoms with van der Waals surface area (Å²) in [6.45, 7) is 2.97. The minimum Gasteiger partial charge on any atom is -0.487 e. The molecule has 0 aliphatic carbocycles. The Morgan fingerprint density at radius 2 is 2.24 bits per heavy atom. The zero-order chi connectivity index (χ0) is 20.9. The molecule has 0 spiro atoms. The van der Waals surface area contributed by atoms with Crippen molar-refractivity contribution in [1.82, 2.24) is 4.57 Å². The normalized spacial score (nSPS) is 22.8. The molecule has 9 heteroatoms. The van der Waals surface area contributed by atoms with Crippen molar-refractivity contribution in [2.75, 3.05) is 31.1 Å². The van der Waals surface area contributed by atoms with E-state index < -0.39 is 28.9 Å². The standard InChI is InChI=1S/C20H22FN3O5/c1-10-9-29-19-16-12(18(26)13(20(27)28)7-24(10)16)6-14(21)17(19)23-5-3-11(2-4-22)15(25)8-23/h2,6-7,10,15,25H,3-5,8-9,22H2,1H3,(H,27,28). The number of piperidine rings is 1. The maximum atomic E-state index is 15.2. The van der Waals surface area contributed by atoms with Gasteiger partial charge in [0.05, 0.1) is 23.0 Å². The van der Waals surface area contributed by atoms with Crippen LogP contribution < -0.4 is 20.8 Å². The van der Waals surface area contributed by atoms with E-state index >= 15 is 4.39 Å². The molecule has 2 unspecified atom stereocenters. The summed E-state index contributed by atoms with van der Waals surface area (Å²) >= 11 is 0. The van der Waals surface area contributed by atoms with Gasteiger partial charge in [0.25, 0.3) is 0 Å². The fourth-order valence-electron chi connectivity index (χ4n) is 4.10. The molecule has 29 heavy (non-hydrogen) atoms. The first kappa shape index (κ1) is 19.4. The van der Waals surface area contributed by atoms with Gasteiger partial charge < -0.3 is 30.2 Å². The lowest BCUT2D eigenvalue weighted by Crippen LogP contribution is -2.41. The summed E-state index contributed by atoms with van der Waals surface area (Å²) in [5.74, 6) is -1.85. The van der Waals surface area contributed by atoms with Crippen LogP contribution >= 0.6 is 0 Å². The lowest BCUT2D eigenvalue weighted by Gasteiger charge is -2.37. The van der Waals surface area contributed by atoms with Crippen molar-refractivity contribution in [1.29, 1.82) is 0 Å². The maximum Gasteiger partial charge on any atom is 0.341 e. The molecular formula is C20H22FN3O5. The number of β-amino-alcohol motifs (C(OH)–C–C–N with tert-alkyl or cyclic N) is 1. The van der Waals surface area contributed by atoms with Crippen LogP contribution in [0.1, 0.15) is 29.7 Å². The van der Waals surface area contributed by atoms with Gasteiger partial charge in [-0.2, -0.15) is 0 Å². The highest BCUT2D eigenvalue weighted by Gasteiger charge is 2.32. The molecule has 154 valence electrons. The highest BCUT2D eigenvalue weighted by Crippen LogP contribution is 2.42. The van der Waals surface area contributed by atoms with E-state index in [2.05, 4.69) is 0 Å². The summed E-state index contributed by atoms with van der Waals surface area (Å²) < 4.78 is 22.6. The number of benzene rings is 1. The third-order valence-corrected chi connectivity index (χ3v) is 5.56. The highest BCUT2D eigenvalue weighted by molar-refractivity contribution is 5.97. The molecule has 1 fully saturated rings. The molecule has 0 bridgehead atoms. The number of carboxylic acids is 1. The van der Waals surface area contributed by atoms with Gasteiger partial charge in [0.15, 0.2) is 11.6 Å². The second-order valence-corrected chi connectivity index (χ2v) is 7.40. The Labute approximate surface area is 165 Å². The molecule has 2 aliphatic heterocycles. The number of aliphatic hydroxyl groups is 1. The van der Waals surface area contributed by atoms with Crippen LogP contribution in [0.5, 0.6) is 5.75 Å². The molecule has 1 saturated heterocycles. The van der Waals surface area contributed by atoms with Gasteiger partial charge in [-0.3, -0.25) is 4.79 Å². The van der Waals surface area contributed by atoms with Crippen molar-refractivity contribution in [2.45, 2.75) is 25.5 Å². The third-order valence-electron chi connectivity index (χ3n) is 5.56. The Morgan fingerprint density at radius 1 is 1.48 bits per heavy atom. The molecule has 2 aliphatic rings. The topological polar surface area (TPSA) is 118 Å². The number of hydrogen-bond donors (Lipinski definition) is 3. The molecule has 3 heterocycles. The molecule has 4 N–H and O–H groups in total. The van der Waals surface area contributed by atoms with Crippen LogP contribution in [-0.2, 0) is 0 Å². The summed E-state index contributed by atoms with van der Waals surface area (Å²) in [6, 6.07) is 0.839. The first-order valence-corrected chi connectivity index (χ1v) is 9.43. The quantitative estimate of drug-likeness (QED) is 0.660. The van der Waals surface area contributed by atoms with Gasteiger partial charge in [-0.15, -0.1) is 0 Å². The molecule has 0 radical (unpaired) electrons. The summed E-state index contributed by atoms with van der Waals surface area (Å²) in [6.07, 6.45) is 2.80. The van der Waals surface area contributed by atoms with Crippen molar-refractivity contribution in [3.63, 3.8) is 0 Å². The van der Waals surface area contributed by atoms with Crippen molar-refractivity contribution < 1.29 is 24.1 Å². The summed E-state index contributed by atoms with van der Waals surface area (Å²) in [5, 5.41) is 19.7. The van der Waals surface area contributed by atoms with Gasteiger partial charge >= 0.3 is 5.97 Å². The molecule has 1 aromatic carbocycles. The van der Waals surface area contributed by atoms with E-state index in [1.807, 2.05) is 6.92 Å². The SMILES string of the molecule is CC1COc2c(N3CCC(=CCN)C(O)C3)c(F)cc3c(=O)c(C(=O)O)cn1c23. The van der Waals surface area contributed by atoms with Gasteiger partial charge in [0.1, 0.15) is 17.9 Å². The van der Waals surface area contributed by atoms with E-state index in [0.717, 1.165) is 11.6 Å². The van der Waals surface area contributed by atoms with Crippen LogP contribution in [0.25, 0.3) is 10.9 Å². The summed E-state index contributed by atoms with van der Waals surface area (Å²) in [4.78, 5) is 25.8. The zero-order valence-corrected chi connectivity index (χ0v) is 15.9. The Balaban J connectivity index is 1.91. The molecule has 0 saturated carbocycles. The lowest BCUT2D eigenvalue weighted by atomic mass is 9.99. The molecular weight excluding hydrogens is 381 g/mol. The third kappa shape index (κ3) is 3.06. The number of pyridine rings is 1. The van der Waals surface area contributed by atoms with Crippen LogP contribution in [0, 0.1) is 5.82 Å². The Hall–Kier alpha value is -2.91. The first-order valence-electron chi connectivity index (χ1n) is 9.43. The number of anilines is 1. The predicted molar refractivity (Wildman–Crippen MR) is 105 cm³/mol. The van der Waals surface area contributed by atoms with Crippen molar-refractivity contribution in [2.24, 2.45) is 5.73 Å². The number of halogens is 1. The van der Waals surface area contributed by atoms with Crippen molar-refractivity contribution in [3.8, 4) is 5.75 Å². The van der Waals surface area contributed by atoms with E-state index in [1.165, 1.54) is 6.20 Å². The van der Waals surface area contributed by atoms with E-state index in [0.29, 0.717) is 25.0 Å². The summed E-state index contributed by atoms with van der Waals surface area (Å²) in [7, 11) is 0. The van der Waals surface area contributed by atoms with Crippen LogP contribution in [0.15, 0.2) is 28.7 Å². The van der Waals surface area contributed by atoms with Gasteiger partial charge in [0, 0.05) is 25.8 Å². The minimum atomic E-state index is -1.36. The van der Waals surface area contributed by atoms with E-state index in [9.17, 15) is 19.8 Å². The number of ether oxygens (including phenoxy) is 1. The van der Waals surface area contributed by atoms with E-state index in [-0.39, 0.29) is 36.0 Å². The number of aromatic carboxylic acids is 1. The van der Waals surface area contributed by atoms with Crippen molar-refractivity contribution in [3.05, 3.63) is 45.5 Å². The number of nitrogens with two attached hydrogens (primary N) is 1. The fourth-order valence-corrected chi connectivity index (χ4v) is 4.10. The van der Waals surface area contributed by atoms with E-state index in [1.54, 1.807) is 15.5 Å². The monoisotopic (exact) mass is 403 g/mol. The highest BCUT2D eigenvalue weighted by atomic mass is 19.1. The number of hydrogen-bond acceptors (Lipinski definition) is 6. The molecule has 8 nitrogen and oxygen atoms in total. The minimum absolute atomic E-state index is 0.0334. The smallest absolute Gasteiger partial charge is 0.341 e. The second kappa shape index (κ2) is 7.16. The number of carbonyl (C=O) groups is 1. The molecule has 2 aromatic rings. The number of aromatic nitrogens is 1. The lowest BCUT2D eigenvalue weighted by molar-refractivity contribution is 0.0694. The van der Waals surface area contributed by atoms with Gasteiger partial charge in [-0.25, -0.2) is 9.18 Å². The number of nitrogens with zero attached hydrogens (tertiary/aromatic N) is 2. The fraction of sp³-hybridized carbons (Fsp3) is 0.400. The Morgan fingerprint density at radius 3 is 2.90 bits per heavy atom. The van der Waals surface area contributed by atoms with Gasteiger partial charge in [-0.05, 0) is 25.0 Å². The van der Waals surface area contributed by atoms with Gasteiger partial charge in [-0.1, -0.05) is 6.08 Å². The van der Waals surface area contributed by atoms with Crippen LogP contribution in [0.4, 0.5) is 10.1 Å². The van der Waals surface area contributed by atoms with Crippen molar-refractivity contribution >= 4 is 22.6 Å². The second-order valence-electron chi connectivity index (χ2n) is 7.40. The average molecular weight is 403 g/mol. The Kier molecular flexibility index (Phi) is 4.79. The van der Waals surface area contributed by atoms with Gasteiger partial charge in [0.2, 0.25) is 5.43 Å². The number of aliphatic hydroxyl groups excluding tert-OH is 1. The zero-order valence-electron chi connectivity index (χ0n) is 15.9. The van der Waals surface area contributed by atoms with Crippen LogP contribution in [0.3, 0.4) is 0 Å². The largest absolute Gasteiger partial charge is 0.487 e. The van der Waals surface area contributed by atoms with E-state index in [4.69, 9.17) is 10.5 Å². The molecule has 1 aromatic heterocycles. The molecule has 2 atom stereocenters. The average Bonchev–Trinajstić information content (AvgIpc) is 2.67. The number of carboxylic acid groups (broad SMARTS) is 1. The Bertz CT molecular complexity index is 1090. The predicted octanol–water partition coefficient (Wildman–Crippen LogP) is 1.25. The molecule has 4 rings (SSSR count).